The SMILES string of the molecule is CC(O)C1CCN(C(=O)c2cccc3c2CCNC3)CC1. The first kappa shape index (κ1) is 14.5. The van der Waals surface area contributed by atoms with Crippen LogP contribution in [0.2, 0.25) is 0 Å². The number of nitrogens with one attached hydrogen (secondary N) is 1. The number of piperidine rings is 1. The summed E-state index contributed by atoms with van der Waals surface area (Å²) in [5, 5.41) is 13.0. The van der Waals surface area contributed by atoms with Crippen molar-refractivity contribution in [3.63, 3.8) is 0 Å². The molecule has 0 bridgehead atoms. The fourth-order valence-corrected chi connectivity index (χ4v) is 3.49. The Balaban J connectivity index is 1.75. The Bertz CT molecular complexity index is 520. The number of aliphatic hydroxyl groups excluding tert-OH is 1. The molecule has 0 radical (unpaired) electrons. The summed E-state index contributed by atoms with van der Waals surface area (Å²) in [6.45, 7) is 5.18. The van der Waals surface area contributed by atoms with Gasteiger partial charge >= 0.3 is 0 Å². The zero-order valence-electron chi connectivity index (χ0n) is 12.6. The molecular weight excluding hydrogens is 264 g/mol. The molecule has 1 fully saturated rings. The lowest BCUT2D eigenvalue weighted by atomic mass is 9.90. The molecule has 2 aliphatic rings. The Hall–Kier alpha value is -1.39. The van der Waals surface area contributed by atoms with Crippen molar-refractivity contribution >= 4 is 5.91 Å². The number of aliphatic hydroxyl groups is 1. The van der Waals surface area contributed by atoms with Crippen LogP contribution in [0.15, 0.2) is 18.2 Å². The highest BCUT2D eigenvalue weighted by Crippen LogP contribution is 2.24. The maximum atomic E-state index is 12.8. The number of benzene rings is 1. The van der Waals surface area contributed by atoms with Gasteiger partial charge in [0.25, 0.3) is 5.91 Å². The lowest BCUT2D eigenvalue weighted by molar-refractivity contribution is 0.0520. The average molecular weight is 288 g/mol. The Labute approximate surface area is 126 Å². The number of hydrogen-bond donors (Lipinski definition) is 2. The average Bonchev–Trinajstić information content (AvgIpc) is 2.53. The Morgan fingerprint density at radius 3 is 2.86 bits per heavy atom. The van der Waals surface area contributed by atoms with E-state index < -0.39 is 0 Å². The third kappa shape index (κ3) is 2.97. The van der Waals surface area contributed by atoms with Gasteiger partial charge in [0.1, 0.15) is 0 Å². The topological polar surface area (TPSA) is 52.6 Å². The van der Waals surface area contributed by atoms with Crippen molar-refractivity contribution in [1.29, 1.82) is 0 Å². The molecule has 2 N–H and O–H groups in total. The van der Waals surface area contributed by atoms with Gasteiger partial charge in [0.05, 0.1) is 6.10 Å². The number of carbonyl (C=O) groups is 1. The fourth-order valence-electron chi connectivity index (χ4n) is 3.49. The molecule has 1 saturated heterocycles. The van der Waals surface area contributed by atoms with E-state index >= 15 is 0 Å². The molecule has 4 nitrogen and oxygen atoms in total. The van der Waals surface area contributed by atoms with Gasteiger partial charge in [-0.15, -0.1) is 0 Å². The van der Waals surface area contributed by atoms with E-state index in [4.69, 9.17) is 0 Å². The van der Waals surface area contributed by atoms with Gasteiger partial charge in [-0.25, -0.2) is 0 Å². The number of carbonyl (C=O) groups excluding carboxylic acids is 1. The summed E-state index contributed by atoms with van der Waals surface area (Å²) in [6.07, 6.45) is 2.47. The van der Waals surface area contributed by atoms with E-state index in [1.807, 2.05) is 24.0 Å². The molecule has 1 unspecified atom stereocenters. The first-order valence-electron chi connectivity index (χ1n) is 7.95. The predicted molar refractivity (Wildman–Crippen MR) is 82.2 cm³/mol. The van der Waals surface area contributed by atoms with E-state index in [-0.39, 0.29) is 12.0 Å². The van der Waals surface area contributed by atoms with E-state index in [1.54, 1.807) is 0 Å². The quantitative estimate of drug-likeness (QED) is 0.868. The van der Waals surface area contributed by atoms with Crippen LogP contribution in [0.1, 0.15) is 41.3 Å². The number of rotatable bonds is 2. The maximum absolute atomic E-state index is 12.8. The summed E-state index contributed by atoms with van der Waals surface area (Å²) in [7, 11) is 0. The van der Waals surface area contributed by atoms with Gasteiger partial charge in [0.2, 0.25) is 0 Å². The predicted octanol–water partition coefficient (Wildman–Crippen LogP) is 1.57. The minimum Gasteiger partial charge on any atom is -0.393 e. The van der Waals surface area contributed by atoms with E-state index in [0.717, 1.165) is 51.0 Å². The molecular formula is C17H24N2O2. The minimum absolute atomic E-state index is 0.165. The fraction of sp³-hybridized carbons (Fsp3) is 0.588. The molecule has 0 saturated carbocycles. The highest BCUT2D eigenvalue weighted by molar-refractivity contribution is 5.96. The van der Waals surface area contributed by atoms with Crippen LogP contribution >= 0.6 is 0 Å². The van der Waals surface area contributed by atoms with Gasteiger partial charge < -0.3 is 15.3 Å². The van der Waals surface area contributed by atoms with E-state index in [1.165, 1.54) is 11.1 Å². The second-order valence-corrected chi connectivity index (χ2v) is 6.24. The van der Waals surface area contributed by atoms with E-state index in [0.29, 0.717) is 5.92 Å². The Kier molecular flexibility index (Phi) is 4.27. The number of likely N-dealkylation sites (tertiary alicyclic amines) is 1. The Morgan fingerprint density at radius 2 is 2.14 bits per heavy atom. The summed E-state index contributed by atoms with van der Waals surface area (Å²) in [6, 6.07) is 6.06. The molecule has 2 heterocycles. The van der Waals surface area contributed by atoms with Crippen LogP contribution in [0, 0.1) is 5.92 Å². The van der Waals surface area contributed by atoms with Crippen LogP contribution in [0.3, 0.4) is 0 Å². The van der Waals surface area contributed by atoms with Gasteiger partial charge in [-0.2, -0.15) is 0 Å². The molecule has 114 valence electrons. The number of hydrogen-bond acceptors (Lipinski definition) is 3. The third-order valence-electron chi connectivity index (χ3n) is 4.88. The summed E-state index contributed by atoms with van der Waals surface area (Å²) in [5.74, 6) is 0.501. The highest BCUT2D eigenvalue weighted by Gasteiger charge is 2.27. The zero-order valence-corrected chi connectivity index (χ0v) is 12.6. The lowest BCUT2D eigenvalue weighted by Crippen LogP contribution is -2.41. The van der Waals surface area contributed by atoms with Gasteiger partial charge in [0, 0.05) is 25.2 Å². The van der Waals surface area contributed by atoms with Crippen LogP contribution in [0.25, 0.3) is 0 Å². The molecule has 1 amide bonds. The zero-order chi connectivity index (χ0) is 14.8. The summed E-state index contributed by atoms with van der Waals surface area (Å²) < 4.78 is 0. The maximum Gasteiger partial charge on any atom is 0.254 e. The Morgan fingerprint density at radius 1 is 1.38 bits per heavy atom. The molecule has 1 aromatic carbocycles. The molecule has 2 aliphatic heterocycles. The first-order valence-corrected chi connectivity index (χ1v) is 7.95. The van der Waals surface area contributed by atoms with Crippen molar-refractivity contribution in [2.75, 3.05) is 19.6 Å². The van der Waals surface area contributed by atoms with Crippen molar-refractivity contribution in [3.05, 3.63) is 34.9 Å². The number of nitrogens with zero attached hydrogens (tertiary/aromatic N) is 1. The molecule has 0 aliphatic carbocycles. The number of amides is 1. The van der Waals surface area contributed by atoms with Crippen molar-refractivity contribution in [2.45, 2.75) is 38.8 Å². The normalized spacial score (nSPS) is 21.0. The first-order chi connectivity index (χ1) is 10.2. The van der Waals surface area contributed by atoms with Crippen molar-refractivity contribution in [1.82, 2.24) is 10.2 Å². The molecule has 0 spiro atoms. The second-order valence-electron chi connectivity index (χ2n) is 6.24. The van der Waals surface area contributed by atoms with Crippen LogP contribution in [0.5, 0.6) is 0 Å². The minimum atomic E-state index is -0.266. The summed E-state index contributed by atoms with van der Waals surface area (Å²) >= 11 is 0. The monoisotopic (exact) mass is 288 g/mol. The molecule has 21 heavy (non-hydrogen) atoms. The van der Waals surface area contributed by atoms with Crippen LogP contribution in [-0.4, -0.2) is 41.7 Å². The third-order valence-corrected chi connectivity index (χ3v) is 4.88. The molecule has 4 heteroatoms. The van der Waals surface area contributed by atoms with E-state index in [2.05, 4.69) is 11.4 Å². The van der Waals surface area contributed by atoms with Crippen LogP contribution < -0.4 is 5.32 Å². The molecule has 1 aromatic rings. The van der Waals surface area contributed by atoms with Gasteiger partial charge in [-0.1, -0.05) is 12.1 Å². The standard InChI is InChI=1S/C17H24N2O2/c1-12(20)13-6-9-19(10-7-13)17(21)16-4-2-3-14-11-18-8-5-15(14)16/h2-4,12-13,18,20H,5-11H2,1H3. The highest BCUT2D eigenvalue weighted by atomic mass is 16.3. The smallest absolute Gasteiger partial charge is 0.254 e. The largest absolute Gasteiger partial charge is 0.393 e. The molecule has 1 atom stereocenters. The molecule has 0 aromatic heterocycles. The van der Waals surface area contributed by atoms with Crippen molar-refractivity contribution in [3.8, 4) is 0 Å². The van der Waals surface area contributed by atoms with Gasteiger partial charge in [-0.05, 0) is 55.8 Å². The van der Waals surface area contributed by atoms with Crippen molar-refractivity contribution in [2.24, 2.45) is 5.92 Å². The lowest BCUT2D eigenvalue weighted by Gasteiger charge is -2.34. The van der Waals surface area contributed by atoms with Crippen LogP contribution in [0.4, 0.5) is 0 Å². The summed E-state index contributed by atoms with van der Waals surface area (Å²) in [4.78, 5) is 14.7. The van der Waals surface area contributed by atoms with Gasteiger partial charge in [0.15, 0.2) is 0 Å². The van der Waals surface area contributed by atoms with Crippen LogP contribution in [-0.2, 0) is 13.0 Å². The van der Waals surface area contributed by atoms with Crippen molar-refractivity contribution < 1.29 is 9.90 Å². The number of fused-ring (bicyclic) bond motifs is 1. The second kappa shape index (κ2) is 6.16. The van der Waals surface area contributed by atoms with Gasteiger partial charge in [-0.3, -0.25) is 4.79 Å². The summed E-state index contributed by atoms with van der Waals surface area (Å²) in [5.41, 5.74) is 3.36. The van der Waals surface area contributed by atoms with E-state index in [9.17, 15) is 9.90 Å². The molecule has 3 rings (SSSR count).